The van der Waals surface area contributed by atoms with E-state index < -0.39 is 0 Å². The molecule has 0 aliphatic carbocycles. The molecule has 2 N–H and O–H groups in total. The smallest absolute Gasteiger partial charge is 0.291 e. The Kier molecular flexibility index (Phi) is 5.85. The van der Waals surface area contributed by atoms with Crippen LogP contribution in [0.3, 0.4) is 0 Å². The zero-order chi connectivity index (χ0) is 19.6. The lowest BCUT2D eigenvalue weighted by Gasteiger charge is -2.17. The quantitative estimate of drug-likeness (QED) is 0.813. The van der Waals surface area contributed by atoms with Crippen LogP contribution in [-0.4, -0.2) is 27.4 Å². The van der Waals surface area contributed by atoms with Crippen molar-refractivity contribution < 1.29 is 9.59 Å². The Morgan fingerprint density at radius 2 is 2.07 bits per heavy atom. The van der Waals surface area contributed by atoms with Gasteiger partial charge in [0.1, 0.15) is 5.69 Å². The Morgan fingerprint density at radius 1 is 1.30 bits per heavy atom. The second-order valence-corrected chi connectivity index (χ2v) is 7.45. The number of halogens is 1. The van der Waals surface area contributed by atoms with Crippen molar-refractivity contribution in [3.63, 3.8) is 0 Å². The number of fused-ring (bicyclic) bond motifs is 1. The van der Waals surface area contributed by atoms with E-state index in [0.29, 0.717) is 22.9 Å². The van der Waals surface area contributed by atoms with E-state index in [-0.39, 0.29) is 23.7 Å². The number of carbonyl (C=O) groups is 2. The van der Waals surface area contributed by atoms with Crippen molar-refractivity contribution in [2.45, 2.75) is 59.0 Å². The number of anilines is 1. The van der Waals surface area contributed by atoms with Gasteiger partial charge in [0.2, 0.25) is 0 Å². The monoisotopic (exact) mass is 388 g/mol. The van der Waals surface area contributed by atoms with E-state index in [0.717, 1.165) is 36.9 Å². The molecule has 0 saturated carbocycles. The fraction of sp³-hybridized carbons (Fsp3) is 0.450. The molecule has 6 nitrogen and oxygen atoms in total. The highest BCUT2D eigenvalue weighted by Gasteiger charge is 2.28. The van der Waals surface area contributed by atoms with E-state index >= 15 is 0 Å². The van der Waals surface area contributed by atoms with Gasteiger partial charge in [0, 0.05) is 23.3 Å². The summed E-state index contributed by atoms with van der Waals surface area (Å²) in [6, 6.07) is 5.43. The molecule has 0 fully saturated rings. The Labute approximate surface area is 164 Å². The van der Waals surface area contributed by atoms with Crippen molar-refractivity contribution in [2.75, 3.05) is 5.32 Å². The number of benzene rings is 1. The normalized spacial score (nSPS) is 14.4. The molecule has 2 aromatic rings. The minimum atomic E-state index is -0.333. The summed E-state index contributed by atoms with van der Waals surface area (Å²) in [5, 5.41) is 6.38. The molecule has 2 amide bonds. The molecule has 1 aliphatic rings. The fourth-order valence-electron chi connectivity index (χ4n) is 3.15. The first-order chi connectivity index (χ1) is 12.9. The summed E-state index contributed by atoms with van der Waals surface area (Å²) in [4.78, 5) is 29.9. The van der Waals surface area contributed by atoms with Gasteiger partial charge in [0.05, 0.1) is 5.69 Å². The SMILES string of the molecule is CCC(C)NC(=O)c1nc(C(=O)Nc2ccc(C)c(Cl)c2)n2c1CCCC2. The Hall–Kier alpha value is -2.34. The van der Waals surface area contributed by atoms with E-state index in [1.165, 1.54) is 0 Å². The topological polar surface area (TPSA) is 76.0 Å². The molecule has 1 atom stereocenters. The van der Waals surface area contributed by atoms with Gasteiger partial charge in [-0.3, -0.25) is 9.59 Å². The number of rotatable bonds is 5. The molecule has 0 spiro atoms. The van der Waals surface area contributed by atoms with Gasteiger partial charge in [0.15, 0.2) is 5.82 Å². The summed E-state index contributed by atoms with van der Waals surface area (Å²) in [5.74, 6) is -0.274. The van der Waals surface area contributed by atoms with Crippen LogP contribution in [0.4, 0.5) is 5.69 Å². The van der Waals surface area contributed by atoms with Gasteiger partial charge in [-0.25, -0.2) is 4.98 Å². The number of aryl methyl sites for hydroxylation is 1. The van der Waals surface area contributed by atoms with Crippen molar-refractivity contribution in [1.82, 2.24) is 14.9 Å². The Morgan fingerprint density at radius 3 is 2.78 bits per heavy atom. The predicted octanol–water partition coefficient (Wildman–Crippen LogP) is 3.96. The molecular formula is C20H25ClN4O2. The maximum Gasteiger partial charge on any atom is 0.291 e. The third-order valence-electron chi connectivity index (χ3n) is 4.96. The van der Waals surface area contributed by atoms with Gasteiger partial charge < -0.3 is 15.2 Å². The molecule has 0 saturated heterocycles. The molecule has 27 heavy (non-hydrogen) atoms. The molecule has 1 aromatic heterocycles. The summed E-state index contributed by atoms with van der Waals surface area (Å²) in [7, 11) is 0. The molecule has 0 radical (unpaired) electrons. The first-order valence-electron chi connectivity index (χ1n) is 9.38. The summed E-state index contributed by atoms with van der Waals surface area (Å²) in [6.45, 7) is 6.56. The molecule has 3 rings (SSSR count). The maximum atomic E-state index is 12.8. The second kappa shape index (κ2) is 8.13. The van der Waals surface area contributed by atoms with Gasteiger partial charge in [0.25, 0.3) is 11.8 Å². The molecule has 1 aliphatic heterocycles. The van der Waals surface area contributed by atoms with Gasteiger partial charge in [-0.2, -0.15) is 0 Å². The summed E-state index contributed by atoms with van der Waals surface area (Å²) in [5.41, 5.74) is 2.75. The second-order valence-electron chi connectivity index (χ2n) is 7.04. The maximum absolute atomic E-state index is 12.8. The standard InChI is InChI=1S/C20H25ClN4O2/c1-4-13(3)22-19(26)17-16-7-5-6-10-25(16)18(24-17)20(27)23-14-9-8-12(2)15(21)11-14/h8-9,11,13H,4-7,10H2,1-3H3,(H,22,26)(H,23,27). The number of amides is 2. The molecule has 1 aromatic carbocycles. The first-order valence-corrected chi connectivity index (χ1v) is 9.76. The number of carbonyl (C=O) groups excluding carboxylic acids is 2. The molecule has 0 bridgehead atoms. The van der Waals surface area contributed by atoms with Crippen LogP contribution in [0.1, 0.15) is 65.5 Å². The van der Waals surface area contributed by atoms with Gasteiger partial charge in [-0.1, -0.05) is 24.6 Å². The van der Waals surface area contributed by atoms with Crippen molar-refractivity contribution in [3.05, 3.63) is 46.0 Å². The summed E-state index contributed by atoms with van der Waals surface area (Å²) in [6.07, 6.45) is 3.54. The van der Waals surface area contributed by atoms with Gasteiger partial charge in [-0.15, -0.1) is 0 Å². The lowest BCUT2D eigenvalue weighted by Crippen LogP contribution is -2.33. The fourth-order valence-corrected chi connectivity index (χ4v) is 3.33. The number of hydrogen-bond donors (Lipinski definition) is 2. The van der Waals surface area contributed by atoms with Crippen molar-refractivity contribution in [1.29, 1.82) is 0 Å². The molecule has 1 unspecified atom stereocenters. The van der Waals surface area contributed by atoms with E-state index in [9.17, 15) is 9.59 Å². The van der Waals surface area contributed by atoms with E-state index in [1.807, 2.05) is 31.4 Å². The molecular weight excluding hydrogens is 364 g/mol. The number of nitrogens with zero attached hydrogens (tertiary/aromatic N) is 2. The number of nitrogens with one attached hydrogen (secondary N) is 2. The number of hydrogen-bond acceptors (Lipinski definition) is 3. The largest absolute Gasteiger partial charge is 0.348 e. The average Bonchev–Trinajstić information content (AvgIpc) is 3.04. The highest BCUT2D eigenvalue weighted by Crippen LogP contribution is 2.24. The Bertz CT molecular complexity index is 875. The third-order valence-corrected chi connectivity index (χ3v) is 5.36. The van der Waals surface area contributed by atoms with Crippen molar-refractivity contribution in [2.24, 2.45) is 0 Å². The van der Waals surface area contributed by atoms with Crippen LogP contribution in [0, 0.1) is 6.92 Å². The van der Waals surface area contributed by atoms with Crippen LogP contribution < -0.4 is 10.6 Å². The average molecular weight is 389 g/mol. The van der Waals surface area contributed by atoms with Gasteiger partial charge in [-0.05, 0) is 57.2 Å². The zero-order valence-corrected chi connectivity index (χ0v) is 16.7. The van der Waals surface area contributed by atoms with Crippen LogP contribution in [-0.2, 0) is 13.0 Å². The lowest BCUT2D eigenvalue weighted by molar-refractivity contribution is 0.0933. The lowest BCUT2D eigenvalue weighted by atomic mass is 10.1. The van der Waals surface area contributed by atoms with Crippen LogP contribution in [0.25, 0.3) is 0 Å². The van der Waals surface area contributed by atoms with Gasteiger partial charge >= 0.3 is 0 Å². The van der Waals surface area contributed by atoms with Crippen molar-refractivity contribution in [3.8, 4) is 0 Å². The summed E-state index contributed by atoms with van der Waals surface area (Å²) >= 11 is 6.14. The van der Waals surface area contributed by atoms with E-state index in [2.05, 4.69) is 15.6 Å². The van der Waals surface area contributed by atoms with Crippen LogP contribution in [0.15, 0.2) is 18.2 Å². The molecule has 7 heteroatoms. The minimum Gasteiger partial charge on any atom is -0.348 e. The zero-order valence-electron chi connectivity index (χ0n) is 15.9. The highest BCUT2D eigenvalue weighted by molar-refractivity contribution is 6.31. The van der Waals surface area contributed by atoms with E-state index in [4.69, 9.17) is 11.6 Å². The van der Waals surface area contributed by atoms with Crippen molar-refractivity contribution >= 4 is 29.1 Å². The van der Waals surface area contributed by atoms with E-state index in [1.54, 1.807) is 12.1 Å². The minimum absolute atomic E-state index is 0.0606. The number of aromatic nitrogens is 2. The van der Waals surface area contributed by atoms with Crippen LogP contribution in [0.5, 0.6) is 0 Å². The van der Waals surface area contributed by atoms with Crippen LogP contribution in [0.2, 0.25) is 5.02 Å². The third kappa shape index (κ3) is 4.16. The molecule has 2 heterocycles. The van der Waals surface area contributed by atoms with Crippen LogP contribution >= 0.6 is 11.6 Å². The predicted molar refractivity (Wildman–Crippen MR) is 107 cm³/mol. The highest BCUT2D eigenvalue weighted by atomic mass is 35.5. The summed E-state index contributed by atoms with van der Waals surface area (Å²) < 4.78 is 1.88. The molecule has 144 valence electrons. The first kappa shape index (κ1) is 19.4. The number of imidazole rings is 1. The Balaban J connectivity index is 1.89.